The predicted octanol–water partition coefficient (Wildman–Crippen LogP) is 4.63. The van der Waals surface area contributed by atoms with Crippen molar-refractivity contribution in [3.05, 3.63) is 40.0 Å². The van der Waals surface area contributed by atoms with Crippen LogP contribution in [-0.2, 0) is 5.54 Å². The fourth-order valence-corrected chi connectivity index (χ4v) is 6.01. The Morgan fingerprint density at radius 1 is 1.48 bits per heavy atom. The number of alkyl halides is 1. The van der Waals surface area contributed by atoms with Gasteiger partial charge in [0.2, 0.25) is 5.50 Å². The van der Waals surface area contributed by atoms with E-state index in [0.29, 0.717) is 6.42 Å². The monoisotopic (exact) mass is 401 g/mol. The average Bonchev–Trinajstić information content (AvgIpc) is 2.53. The number of amidine groups is 1. The van der Waals surface area contributed by atoms with Gasteiger partial charge >= 0.3 is 6.09 Å². The SMILES string of the molecule is C[C@]1(c2cc(N=[N+]=[N-])ccc2F)N=C(NC(=O)O)C2(CCC2)S(O)(O)[C@@H]1F. The molecule has 0 bridgehead atoms. The summed E-state index contributed by atoms with van der Waals surface area (Å²) in [6.07, 6.45) is -0.670. The summed E-state index contributed by atoms with van der Waals surface area (Å²) in [6, 6.07) is 3.16. The van der Waals surface area contributed by atoms with Crippen molar-refractivity contribution in [3.63, 3.8) is 0 Å². The number of nitrogens with zero attached hydrogens (tertiary/aromatic N) is 4. The Balaban J connectivity index is 2.24. The van der Waals surface area contributed by atoms with E-state index in [-0.39, 0.29) is 29.9 Å². The van der Waals surface area contributed by atoms with Crippen LogP contribution in [-0.4, -0.2) is 36.4 Å². The van der Waals surface area contributed by atoms with E-state index in [1.165, 1.54) is 6.07 Å². The number of hydrogen-bond acceptors (Lipinski definition) is 5. The van der Waals surface area contributed by atoms with E-state index in [2.05, 4.69) is 15.0 Å². The Hall–Kier alpha value is -2.40. The van der Waals surface area contributed by atoms with Gasteiger partial charge in [-0.2, -0.15) is 0 Å². The molecule has 1 heterocycles. The molecule has 0 saturated heterocycles. The summed E-state index contributed by atoms with van der Waals surface area (Å²) in [7, 11) is -4.05. The highest BCUT2D eigenvalue weighted by Crippen LogP contribution is 2.71. The lowest BCUT2D eigenvalue weighted by atomic mass is 9.81. The predicted molar refractivity (Wildman–Crippen MR) is 95.5 cm³/mol. The molecule has 9 nitrogen and oxygen atoms in total. The fourth-order valence-electron chi connectivity index (χ4n) is 3.52. The second-order valence-corrected chi connectivity index (χ2v) is 9.03. The largest absolute Gasteiger partial charge is 0.465 e. The zero-order valence-corrected chi connectivity index (χ0v) is 15.0. The first kappa shape index (κ1) is 19.4. The first-order valence-electron chi connectivity index (χ1n) is 7.94. The van der Waals surface area contributed by atoms with Crippen LogP contribution in [0.3, 0.4) is 0 Å². The van der Waals surface area contributed by atoms with Crippen molar-refractivity contribution in [3.8, 4) is 0 Å². The molecule has 27 heavy (non-hydrogen) atoms. The first-order valence-corrected chi connectivity index (χ1v) is 9.55. The van der Waals surface area contributed by atoms with Crippen molar-refractivity contribution in [2.75, 3.05) is 0 Å². The van der Waals surface area contributed by atoms with Crippen molar-refractivity contribution < 1.29 is 27.8 Å². The molecule has 1 amide bonds. The number of carbonyl (C=O) groups is 1. The summed E-state index contributed by atoms with van der Waals surface area (Å²) in [6.45, 7) is 1.14. The lowest BCUT2D eigenvalue weighted by Gasteiger charge is -2.61. The zero-order valence-electron chi connectivity index (χ0n) is 14.1. The standard InChI is InChI=1S/C15H17F2N5O4S/c1-14(9-7-8(21-22-18)3-4-10(9)16)11(17)27(25,26)15(5-2-6-15)12(20-14)19-13(23)24/h3-4,7,11,25-26H,2,5-6H2,1H3,(H,19,20)(H,23,24)/t11-,14+/m0/s1. The Bertz CT molecular complexity index is 885. The Morgan fingerprint density at radius 3 is 2.67 bits per heavy atom. The fraction of sp³-hybridized carbons (Fsp3) is 0.467. The number of hydrogen-bond donors (Lipinski definition) is 4. The smallest absolute Gasteiger partial charge is 0.410 e. The van der Waals surface area contributed by atoms with E-state index in [1.54, 1.807) is 0 Å². The van der Waals surface area contributed by atoms with Gasteiger partial charge in [0.05, 0.1) is 0 Å². The van der Waals surface area contributed by atoms with Gasteiger partial charge in [-0.3, -0.25) is 19.4 Å². The number of halogens is 2. The van der Waals surface area contributed by atoms with Crippen molar-refractivity contribution in [2.24, 2.45) is 10.1 Å². The summed E-state index contributed by atoms with van der Waals surface area (Å²) >= 11 is 0. The molecule has 0 aromatic heterocycles. The highest BCUT2D eigenvalue weighted by atomic mass is 32.3. The van der Waals surface area contributed by atoms with Gasteiger partial charge in [-0.1, -0.05) is 5.11 Å². The second kappa shape index (κ2) is 6.34. The quantitative estimate of drug-likeness (QED) is 0.324. The van der Waals surface area contributed by atoms with Crippen LogP contribution in [0.1, 0.15) is 31.7 Å². The van der Waals surface area contributed by atoms with Crippen LogP contribution in [0, 0.1) is 5.82 Å². The summed E-state index contributed by atoms with van der Waals surface area (Å²) in [5.74, 6) is -1.21. The van der Waals surface area contributed by atoms with Crippen molar-refractivity contribution in [1.82, 2.24) is 5.32 Å². The Labute approximate surface area is 154 Å². The number of aliphatic imine (C=N–C) groups is 1. The van der Waals surface area contributed by atoms with Crippen molar-refractivity contribution in [1.29, 1.82) is 0 Å². The Kier molecular flexibility index (Phi) is 4.55. The van der Waals surface area contributed by atoms with Crippen LogP contribution >= 0.6 is 10.6 Å². The third-order valence-corrected chi connectivity index (χ3v) is 7.91. The molecule has 1 aliphatic carbocycles. The van der Waals surface area contributed by atoms with E-state index in [4.69, 9.17) is 10.6 Å². The van der Waals surface area contributed by atoms with E-state index < -0.39 is 38.3 Å². The normalized spacial score (nSPS) is 29.1. The molecule has 0 unspecified atom stereocenters. The van der Waals surface area contributed by atoms with Crippen LogP contribution in [0.25, 0.3) is 10.4 Å². The van der Waals surface area contributed by atoms with E-state index in [1.807, 2.05) is 5.32 Å². The van der Waals surface area contributed by atoms with Gasteiger partial charge in [0, 0.05) is 16.2 Å². The molecule has 1 aromatic carbocycles. The molecule has 1 spiro atoms. The maximum atomic E-state index is 15.4. The highest BCUT2D eigenvalue weighted by Gasteiger charge is 2.64. The molecular weight excluding hydrogens is 384 g/mol. The molecule has 4 N–H and O–H groups in total. The molecular formula is C15H17F2N5O4S. The maximum Gasteiger partial charge on any atom is 0.410 e. The molecule has 12 heteroatoms. The van der Waals surface area contributed by atoms with Crippen LogP contribution in [0.2, 0.25) is 0 Å². The van der Waals surface area contributed by atoms with Gasteiger partial charge in [0.25, 0.3) is 0 Å². The molecule has 2 aliphatic rings. The molecule has 1 fully saturated rings. The van der Waals surface area contributed by atoms with Crippen molar-refractivity contribution in [2.45, 2.75) is 42.0 Å². The number of amides is 1. The van der Waals surface area contributed by atoms with Crippen LogP contribution < -0.4 is 5.32 Å². The molecule has 1 aliphatic heterocycles. The number of azide groups is 1. The second-order valence-electron chi connectivity index (χ2n) is 6.65. The third-order valence-electron chi connectivity index (χ3n) is 5.12. The molecule has 1 saturated carbocycles. The number of carboxylic acid groups (broad SMARTS) is 1. The Morgan fingerprint density at radius 2 is 2.15 bits per heavy atom. The minimum absolute atomic E-state index is 0.0225. The third kappa shape index (κ3) is 2.72. The van der Waals surface area contributed by atoms with Gasteiger partial charge in [-0.05, 0) is 49.9 Å². The average molecular weight is 401 g/mol. The summed E-state index contributed by atoms with van der Waals surface area (Å²) < 4.78 is 49.8. The van der Waals surface area contributed by atoms with Gasteiger partial charge < -0.3 is 5.11 Å². The van der Waals surface area contributed by atoms with E-state index in [0.717, 1.165) is 19.1 Å². The van der Waals surface area contributed by atoms with Crippen LogP contribution in [0.15, 0.2) is 28.3 Å². The van der Waals surface area contributed by atoms with E-state index >= 15 is 4.39 Å². The lowest BCUT2D eigenvalue weighted by molar-refractivity contribution is 0.196. The van der Waals surface area contributed by atoms with Crippen LogP contribution in [0.5, 0.6) is 0 Å². The first-order chi connectivity index (χ1) is 12.6. The molecule has 2 atom stereocenters. The van der Waals surface area contributed by atoms with Crippen LogP contribution in [0.4, 0.5) is 19.3 Å². The lowest BCUT2D eigenvalue weighted by Crippen LogP contribution is -2.63. The number of rotatable bonds is 2. The van der Waals surface area contributed by atoms with E-state index in [9.17, 15) is 18.3 Å². The molecule has 1 aromatic rings. The summed E-state index contributed by atoms with van der Waals surface area (Å²) in [4.78, 5) is 17.9. The molecule has 3 rings (SSSR count). The maximum absolute atomic E-state index is 15.4. The van der Waals surface area contributed by atoms with Gasteiger partial charge in [-0.25, -0.2) is 13.6 Å². The number of benzene rings is 1. The molecule has 0 radical (unpaired) electrons. The number of nitrogens with one attached hydrogen (secondary N) is 1. The van der Waals surface area contributed by atoms with Crippen molar-refractivity contribution >= 4 is 28.2 Å². The summed E-state index contributed by atoms with van der Waals surface area (Å²) in [5, 5.41) is 14.5. The summed E-state index contributed by atoms with van der Waals surface area (Å²) in [5.41, 5.74) is 3.63. The molecule has 146 valence electrons. The zero-order chi connectivity index (χ0) is 20.0. The van der Waals surface area contributed by atoms with Gasteiger partial charge in [0.15, 0.2) is 0 Å². The van der Waals surface area contributed by atoms with Gasteiger partial charge in [0.1, 0.15) is 21.9 Å². The van der Waals surface area contributed by atoms with Gasteiger partial charge in [-0.15, -0.1) is 10.6 Å². The minimum atomic E-state index is -4.05. The topological polar surface area (TPSA) is 151 Å². The minimum Gasteiger partial charge on any atom is -0.465 e. The highest BCUT2D eigenvalue weighted by molar-refractivity contribution is 8.26.